The molecule has 1 spiro atoms. The number of piperazine rings is 1. The Morgan fingerprint density at radius 3 is 2.38 bits per heavy atom. The standard InChI is InChI=1S/C47H57N11O3/c1-31-21-33(5-6-34(31)25-55-20-19-53(27-42(55)60)28-46(2,3)4)43-38-23-39(50-44(38)49-30-48-43)40-22-37-26-56(47(14-15-47)29-58(37)52-40)24-32-11-16-54(17-12-32)35-7-9-36(10-8-35)57-18-13-41(59)51-45(57)61/h5-10,21-23,30,32H,11-20,24-29H2,1-4H3,(H,48,49,50)(H,51,59,61). The molecule has 3 saturated heterocycles. The van der Waals surface area contributed by atoms with Crippen molar-refractivity contribution < 1.29 is 14.4 Å². The maximum atomic E-state index is 13.1. The fourth-order valence-corrected chi connectivity index (χ4v) is 10.1. The Hall–Kier alpha value is -5.60. The van der Waals surface area contributed by atoms with Gasteiger partial charge in [-0.2, -0.15) is 5.10 Å². The van der Waals surface area contributed by atoms with Crippen molar-refractivity contribution in [2.24, 2.45) is 11.3 Å². The van der Waals surface area contributed by atoms with E-state index in [-0.39, 0.29) is 28.8 Å². The minimum atomic E-state index is -0.349. The lowest BCUT2D eigenvalue weighted by Crippen LogP contribution is -2.51. The summed E-state index contributed by atoms with van der Waals surface area (Å²) in [6.07, 6.45) is 6.67. The normalized spacial score (nSPS) is 20.2. The third-order valence-corrected chi connectivity index (χ3v) is 13.6. The van der Waals surface area contributed by atoms with E-state index in [4.69, 9.17) is 10.1 Å². The molecule has 4 aliphatic heterocycles. The number of carbonyl (C=O) groups excluding carboxylic acids is 3. The fourth-order valence-electron chi connectivity index (χ4n) is 10.1. The van der Waals surface area contributed by atoms with Gasteiger partial charge in [-0.1, -0.05) is 32.9 Å². The van der Waals surface area contributed by atoms with Gasteiger partial charge >= 0.3 is 6.03 Å². The van der Waals surface area contributed by atoms with Crippen LogP contribution in [0.5, 0.6) is 0 Å². The Kier molecular flexibility index (Phi) is 9.97. The summed E-state index contributed by atoms with van der Waals surface area (Å²) >= 11 is 0. The molecule has 5 aromatic rings. The first-order valence-electron chi connectivity index (χ1n) is 22.1. The largest absolute Gasteiger partial charge is 0.372 e. The zero-order valence-corrected chi connectivity index (χ0v) is 35.9. The fraction of sp³-hybridized carbons (Fsp3) is 0.489. The zero-order chi connectivity index (χ0) is 42.0. The number of H-pyrrole nitrogens is 1. The van der Waals surface area contributed by atoms with E-state index in [0.29, 0.717) is 32.0 Å². The molecule has 10 rings (SSSR count). The molecular weight excluding hydrogens is 767 g/mol. The summed E-state index contributed by atoms with van der Waals surface area (Å²) in [5.74, 6) is 0.616. The van der Waals surface area contributed by atoms with E-state index >= 15 is 0 Å². The lowest BCUT2D eigenvalue weighted by molar-refractivity contribution is -0.137. The summed E-state index contributed by atoms with van der Waals surface area (Å²) in [5, 5.41) is 8.54. The third kappa shape index (κ3) is 8.03. The van der Waals surface area contributed by atoms with Crippen molar-refractivity contribution in [2.45, 2.75) is 85.0 Å². The van der Waals surface area contributed by atoms with Gasteiger partial charge in [-0.15, -0.1) is 0 Å². The van der Waals surface area contributed by atoms with Crippen LogP contribution >= 0.6 is 0 Å². The van der Waals surface area contributed by atoms with Gasteiger partial charge in [0.05, 0.1) is 30.2 Å². The van der Waals surface area contributed by atoms with Crippen LogP contribution in [0.3, 0.4) is 0 Å². The van der Waals surface area contributed by atoms with E-state index in [1.807, 2.05) is 17.0 Å². The van der Waals surface area contributed by atoms with Crippen LogP contribution in [-0.2, 0) is 29.2 Å². The topological polar surface area (TPSA) is 139 Å². The molecule has 14 heteroatoms. The highest BCUT2D eigenvalue weighted by Crippen LogP contribution is 2.47. The second-order valence-electron chi connectivity index (χ2n) is 19.4. The second-order valence-corrected chi connectivity index (χ2v) is 19.4. The third-order valence-electron chi connectivity index (χ3n) is 13.6. The Morgan fingerprint density at radius 1 is 0.869 bits per heavy atom. The van der Waals surface area contributed by atoms with E-state index in [9.17, 15) is 14.4 Å². The Labute approximate surface area is 357 Å². The van der Waals surface area contributed by atoms with Gasteiger partial charge in [0, 0.05) is 93.2 Å². The van der Waals surface area contributed by atoms with Gasteiger partial charge in [0.1, 0.15) is 17.7 Å². The number of hydrogen-bond donors (Lipinski definition) is 2. The van der Waals surface area contributed by atoms with Gasteiger partial charge in [-0.05, 0) is 97.5 Å². The number of aryl methyl sites for hydroxylation is 1. The van der Waals surface area contributed by atoms with Crippen LogP contribution in [-0.4, -0.2) is 115 Å². The van der Waals surface area contributed by atoms with E-state index in [2.05, 4.69) is 105 Å². The molecular formula is C47H57N11O3. The van der Waals surface area contributed by atoms with E-state index in [1.54, 1.807) is 11.2 Å². The lowest BCUT2D eigenvalue weighted by atomic mass is 9.94. The highest BCUT2D eigenvalue weighted by atomic mass is 16.2. The van der Waals surface area contributed by atoms with Gasteiger partial charge in [0.15, 0.2) is 0 Å². The minimum Gasteiger partial charge on any atom is -0.372 e. The van der Waals surface area contributed by atoms with Gasteiger partial charge in [0.25, 0.3) is 0 Å². The van der Waals surface area contributed by atoms with Gasteiger partial charge in [-0.25, -0.2) is 14.8 Å². The van der Waals surface area contributed by atoms with Crippen molar-refractivity contribution in [2.75, 3.05) is 62.2 Å². The molecule has 1 aliphatic carbocycles. The number of aromatic nitrogens is 5. The number of hydrogen-bond acceptors (Lipinski definition) is 9. The molecule has 7 heterocycles. The molecule has 318 valence electrons. The lowest BCUT2D eigenvalue weighted by Gasteiger charge is -2.41. The number of nitrogens with zero attached hydrogens (tertiary/aromatic N) is 9. The maximum absolute atomic E-state index is 13.1. The van der Waals surface area contributed by atoms with Crippen LogP contribution in [0.15, 0.2) is 60.9 Å². The van der Waals surface area contributed by atoms with Crippen LogP contribution in [0.1, 0.15) is 69.7 Å². The average molecular weight is 824 g/mol. The van der Waals surface area contributed by atoms with E-state index in [0.717, 1.165) is 116 Å². The highest BCUT2D eigenvalue weighted by Gasteiger charge is 2.51. The zero-order valence-electron chi connectivity index (χ0n) is 35.9. The van der Waals surface area contributed by atoms with Crippen LogP contribution < -0.4 is 15.1 Å². The van der Waals surface area contributed by atoms with Crippen LogP contribution in [0.4, 0.5) is 16.2 Å². The number of anilines is 2. The van der Waals surface area contributed by atoms with E-state index < -0.39 is 0 Å². The number of benzene rings is 2. The molecule has 61 heavy (non-hydrogen) atoms. The number of amides is 4. The monoisotopic (exact) mass is 823 g/mol. The first kappa shape index (κ1) is 39.5. The molecule has 2 aromatic carbocycles. The average Bonchev–Trinajstić information content (AvgIpc) is 3.66. The maximum Gasteiger partial charge on any atom is 0.328 e. The Morgan fingerprint density at radius 2 is 1.66 bits per heavy atom. The number of nitrogens with one attached hydrogen (secondary N) is 2. The summed E-state index contributed by atoms with van der Waals surface area (Å²) < 4.78 is 2.24. The highest BCUT2D eigenvalue weighted by molar-refractivity contribution is 6.05. The van der Waals surface area contributed by atoms with Gasteiger partial charge in [0.2, 0.25) is 11.8 Å². The summed E-state index contributed by atoms with van der Waals surface area (Å²) in [5.41, 5.74) is 10.5. The Bertz CT molecular complexity index is 2490. The van der Waals surface area contributed by atoms with Crippen molar-refractivity contribution in [1.29, 1.82) is 0 Å². The second kappa shape index (κ2) is 15.4. The van der Waals surface area contributed by atoms with Crippen molar-refractivity contribution in [3.8, 4) is 22.6 Å². The molecule has 2 N–H and O–H groups in total. The number of fused-ring (bicyclic) bond motifs is 2. The molecule has 0 radical (unpaired) electrons. The van der Waals surface area contributed by atoms with Crippen LogP contribution in [0.2, 0.25) is 0 Å². The van der Waals surface area contributed by atoms with Crippen molar-refractivity contribution >= 4 is 40.3 Å². The minimum absolute atomic E-state index is 0.169. The predicted molar refractivity (Wildman–Crippen MR) is 236 cm³/mol. The molecule has 5 aliphatic rings. The number of rotatable bonds is 9. The number of urea groups is 1. The van der Waals surface area contributed by atoms with Crippen LogP contribution in [0.25, 0.3) is 33.7 Å². The van der Waals surface area contributed by atoms with Crippen molar-refractivity contribution in [1.82, 2.24) is 44.7 Å². The van der Waals surface area contributed by atoms with Crippen molar-refractivity contribution in [3.63, 3.8) is 0 Å². The molecule has 1 saturated carbocycles. The summed E-state index contributed by atoms with van der Waals surface area (Å²) in [4.78, 5) is 61.1. The van der Waals surface area contributed by atoms with Crippen molar-refractivity contribution in [3.05, 3.63) is 77.7 Å². The first-order valence-corrected chi connectivity index (χ1v) is 22.1. The van der Waals surface area contributed by atoms with E-state index in [1.165, 1.54) is 24.2 Å². The van der Waals surface area contributed by atoms with Gasteiger partial charge < -0.3 is 14.8 Å². The molecule has 4 amide bonds. The molecule has 14 nitrogen and oxygen atoms in total. The molecule has 3 aromatic heterocycles. The molecule has 0 unspecified atom stereocenters. The smallest absolute Gasteiger partial charge is 0.328 e. The number of piperidine rings is 1. The van der Waals surface area contributed by atoms with Gasteiger partial charge in [-0.3, -0.25) is 34.3 Å². The number of aromatic amines is 1. The summed E-state index contributed by atoms with van der Waals surface area (Å²) in [7, 11) is 0. The summed E-state index contributed by atoms with van der Waals surface area (Å²) in [6, 6.07) is 18.7. The van der Waals surface area contributed by atoms with Crippen LogP contribution in [0, 0.1) is 18.3 Å². The number of carbonyl (C=O) groups is 3. The quantitative estimate of drug-likeness (QED) is 0.178. The predicted octanol–water partition coefficient (Wildman–Crippen LogP) is 6.20. The molecule has 0 bridgehead atoms. The molecule has 0 atom stereocenters. The number of imide groups is 1. The summed E-state index contributed by atoms with van der Waals surface area (Å²) in [6.45, 7) is 17.8. The Balaban J connectivity index is 0.781. The SMILES string of the molecule is Cc1cc(-c2ncnc3[nH]c(-c4cc5n(n4)CC4(CC4)N(CC4CCN(c6ccc(N7CCC(=O)NC7=O)cc6)CC4)C5)cc23)ccc1CN1CCN(CC(C)(C)C)CC1=O. The molecule has 4 fully saturated rings. The first-order chi connectivity index (χ1) is 29.4.